The molecule has 1 aliphatic carbocycles. The van der Waals surface area contributed by atoms with Crippen molar-refractivity contribution in [2.24, 2.45) is 0 Å². The predicted octanol–water partition coefficient (Wildman–Crippen LogP) is 2.21. The molecule has 0 amide bonds. The quantitative estimate of drug-likeness (QED) is 0.635. The van der Waals surface area contributed by atoms with Gasteiger partial charge in [0.15, 0.2) is 7.00 Å². The lowest BCUT2D eigenvalue weighted by Crippen LogP contribution is -2.49. The van der Waals surface area contributed by atoms with Crippen molar-refractivity contribution in [3.05, 3.63) is 24.3 Å². The van der Waals surface area contributed by atoms with Gasteiger partial charge in [-0.1, -0.05) is 24.5 Å². The summed E-state index contributed by atoms with van der Waals surface area (Å²) in [5.74, 6) is 0. The number of alkyl halides is 3. The normalized spacial score (nSPS) is 30.9. The molecule has 25 heavy (non-hydrogen) atoms. The molecule has 2 fully saturated rings. The van der Waals surface area contributed by atoms with E-state index in [-0.39, 0.29) is 5.16 Å². The van der Waals surface area contributed by atoms with Gasteiger partial charge in [-0.3, -0.25) is 4.90 Å². The first-order valence-electron chi connectivity index (χ1n) is 8.55. The molecule has 1 radical (unpaired) electrons. The van der Waals surface area contributed by atoms with Gasteiger partial charge in [-0.15, -0.1) is 8.46 Å². The van der Waals surface area contributed by atoms with Gasteiger partial charge in [-0.25, -0.2) is 0 Å². The molecule has 3 atom stereocenters. The maximum atomic E-state index is 12.4. The van der Waals surface area contributed by atoms with Crippen LogP contribution in [-0.2, 0) is 0 Å². The molecule has 3 rings (SSSR count). The van der Waals surface area contributed by atoms with Crippen LogP contribution < -0.4 is 10.4 Å². The number of halogens is 3. The highest BCUT2D eigenvalue weighted by atomic mass is 31.1. The smallest absolute Gasteiger partial charge is 0.389 e. The zero-order valence-electron chi connectivity index (χ0n) is 14.6. The van der Waals surface area contributed by atoms with E-state index in [0.29, 0.717) is 34.6 Å². The molecule has 0 bridgehead atoms. The second-order valence-electron chi connectivity index (χ2n) is 7.54. The first-order chi connectivity index (χ1) is 11.6. The molecule has 1 aromatic rings. The predicted molar refractivity (Wildman–Crippen MR) is 98.5 cm³/mol. The second kappa shape index (κ2) is 6.75. The summed E-state index contributed by atoms with van der Waals surface area (Å²) in [6, 6.07) is 8.15. The lowest BCUT2D eigenvalue weighted by Gasteiger charge is -2.36. The Bertz CT molecular complexity index is 603. The summed E-state index contributed by atoms with van der Waals surface area (Å²) in [6.45, 7) is 7.44. The van der Waals surface area contributed by atoms with E-state index in [2.05, 4.69) is 18.8 Å². The van der Waals surface area contributed by atoms with Crippen molar-refractivity contribution < 1.29 is 18.3 Å². The van der Waals surface area contributed by atoms with Crippen molar-refractivity contribution >= 4 is 26.6 Å². The summed E-state index contributed by atoms with van der Waals surface area (Å²) in [5, 5.41) is 10.0. The number of benzene rings is 1. The Hall–Kier alpha value is -0.775. The number of nitrogens with zero attached hydrogens (tertiary/aromatic N) is 2. The van der Waals surface area contributed by atoms with Crippen molar-refractivity contribution in [1.82, 2.24) is 4.90 Å². The Morgan fingerprint density at radius 3 is 2.16 bits per heavy atom. The number of anilines is 1. The van der Waals surface area contributed by atoms with Gasteiger partial charge in [-0.05, 0) is 25.5 Å². The van der Waals surface area contributed by atoms with E-state index in [1.165, 1.54) is 4.90 Å². The van der Waals surface area contributed by atoms with Crippen molar-refractivity contribution in [2.75, 3.05) is 37.6 Å². The summed E-state index contributed by atoms with van der Waals surface area (Å²) in [5.41, 5.74) is 1.64. The molecule has 1 heterocycles. The number of piperazine rings is 1. The Kier molecular flexibility index (Phi) is 5.13. The molecule has 2 aliphatic rings. The maximum Gasteiger partial charge on any atom is 0.401 e. The topological polar surface area (TPSA) is 26.7 Å². The van der Waals surface area contributed by atoms with Crippen LogP contribution in [0.15, 0.2) is 24.3 Å². The van der Waals surface area contributed by atoms with Gasteiger partial charge in [0.1, 0.15) is 0 Å². The van der Waals surface area contributed by atoms with Gasteiger partial charge in [-0.2, -0.15) is 13.2 Å². The molecule has 0 aromatic heterocycles. The first kappa shape index (κ1) is 19.0. The van der Waals surface area contributed by atoms with Crippen LogP contribution in [0.5, 0.6) is 0 Å². The second-order valence-corrected chi connectivity index (χ2v) is 9.22. The van der Waals surface area contributed by atoms with E-state index < -0.39 is 18.3 Å². The summed E-state index contributed by atoms with van der Waals surface area (Å²) in [6.07, 6.45) is -3.28. The van der Waals surface area contributed by atoms with Crippen molar-refractivity contribution in [1.29, 1.82) is 0 Å². The molecule has 8 heteroatoms. The van der Waals surface area contributed by atoms with Gasteiger partial charge in [0.2, 0.25) is 0 Å². The minimum atomic E-state index is -4.12. The Morgan fingerprint density at radius 2 is 1.68 bits per heavy atom. The number of rotatable bonds is 5. The van der Waals surface area contributed by atoms with Crippen molar-refractivity contribution in [2.45, 2.75) is 37.2 Å². The largest absolute Gasteiger partial charge is 0.401 e. The highest BCUT2D eigenvalue weighted by Crippen LogP contribution is 2.59. The molecule has 0 spiro atoms. The Balaban J connectivity index is 1.48. The van der Waals surface area contributed by atoms with Crippen LogP contribution in [0, 0.1) is 0 Å². The van der Waals surface area contributed by atoms with E-state index >= 15 is 0 Å². The maximum absolute atomic E-state index is 12.4. The molecule has 1 aliphatic heterocycles. The monoisotopic (exact) mass is 371 g/mol. The SMILES string of the molecule is CC1(O)CC1(C)P[B]c1ccc(N2CCN(CC(F)(F)F)CC2)cc1. The van der Waals surface area contributed by atoms with Crippen LogP contribution in [-0.4, -0.2) is 66.7 Å². The summed E-state index contributed by atoms with van der Waals surface area (Å²) >= 11 is 0. The summed E-state index contributed by atoms with van der Waals surface area (Å²) in [7, 11) is 0.574. The van der Waals surface area contributed by atoms with Crippen LogP contribution in [0.25, 0.3) is 0 Å². The molecule has 1 N–H and O–H groups in total. The molecule has 1 saturated carbocycles. The number of hydrogen-bond donors (Lipinski definition) is 1. The van der Waals surface area contributed by atoms with E-state index in [4.69, 9.17) is 0 Å². The van der Waals surface area contributed by atoms with Crippen LogP contribution in [0.4, 0.5) is 18.9 Å². The minimum Gasteiger partial charge on any atom is -0.389 e. The Morgan fingerprint density at radius 1 is 1.12 bits per heavy atom. The van der Waals surface area contributed by atoms with Crippen molar-refractivity contribution in [3.8, 4) is 0 Å². The van der Waals surface area contributed by atoms with E-state index in [1.807, 2.05) is 31.2 Å². The van der Waals surface area contributed by atoms with Crippen LogP contribution in [0.1, 0.15) is 20.3 Å². The fourth-order valence-electron chi connectivity index (χ4n) is 3.29. The van der Waals surface area contributed by atoms with Gasteiger partial charge >= 0.3 is 6.18 Å². The lowest BCUT2D eigenvalue weighted by atomic mass is 9.94. The minimum absolute atomic E-state index is 0.000479. The fourth-order valence-corrected chi connectivity index (χ4v) is 4.73. The number of hydrogen-bond acceptors (Lipinski definition) is 3. The van der Waals surface area contributed by atoms with Gasteiger partial charge < -0.3 is 10.0 Å². The molecule has 1 saturated heterocycles. The lowest BCUT2D eigenvalue weighted by molar-refractivity contribution is -0.146. The zero-order chi connectivity index (χ0) is 18.3. The van der Waals surface area contributed by atoms with Crippen LogP contribution in [0.2, 0.25) is 0 Å². The van der Waals surface area contributed by atoms with Gasteiger partial charge in [0.25, 0.3) is 0 Å². The summed E-state index contributed by atoms with van der Waals surface area (Å²) < 4.78 is 37.3. The molecule has 137 valence electrons. The van der Waals surface area contributed by atoms with Gasteiger partial charge in [0.05, 0.1) is 12.1 Å². The molecular formula is C17H24BF3N2OP. The fraction of sp³-hybridized carbons (Fsp3) is 0.647. The standard InChI is InChI=1S/C17H24BF3N2OP/c1-15(24)11-16(15,2)25-18-13-3-5-14(6-4-13)23-9-7-22(8-10-23)12-17(19,20)21/h3-6,24-25H,7-12H2,1-2H3. The third kappa shape index (κ3) is 4.69. The highest BCUT2D eigenvalue weighted by molar-refractivity contribution is 7.74. The van der Waals surface area contributed by atoms with E-state index in [9.17, 15) is 18.3 Å². The van der Waals surface area contributed by atoms with E-state index in [0.717, 1.165) is 17.6 Å². The van der Waals surface area contributed by atoms with Crippen LogP contribution in [0.3, 0.4) is 0 Å². The van der Waals surface area contributed by atoms with Crippen molar-refractivity contribution in [3.63, 3.8) is 0 Å². The average Bonchev–Trinajstić information content (AvgIpc) is 3.03. The average molecular weight is 371 g/mol. The molecule has 3 nitrogen and oxygen atoms in total. The number of aliphatic hydroxyl groups is 1. The molecule has 3 unspecified atom stereocenters. The van der Waals surface area contributed by atoms with E-state index in [1.54, 1.807) is 0 Å². The molecule has 1 aromatic carbocycles. The zero-order valence-corrected chi connectivity index (χ0v) is 15.6. The van der Waals surface area contributed by atoms with Gasteiger partial charge in [0, 0.05) is 37.0 Å². The summed E-state index contributed by atoms with van der Waals surface area (Å²) in [4.78, 5) is 3.59. The third-order valence-corrected chi connectivity index (χ3v) is 7.18. The highest BCUT2D eigenvalue weighted by Gasteiger charge is 2.59. The molecular weight excluding hydrogens is 347 g/mol. The first-order valence-corrected chi connectivity index (χ1v) is 9.63. The third-order valence-electron chi connectivity index (χ3n) is 5.35. The Labute approximate surface area is 149 Å². The van der Waals surface area contributed by atoms with Crippen LogP contribution >= 0.6 is 8.46 Å².